The Balaban J connectivity index is 1.17. The molecule has 0 saturated carbocycles. The molecule has 5 aromatic carbocycles. The van der Waals surface area contributed by atoms with Crippen LogP contribution in [0.15, 0.2) is 132 Å². The largest absolute Gasteiger partial charge is 0.496 e. The molecule has 1 aliphatic rings. The van der Waals surface area contributed by atoms with Crippen molar-refractivity contribution in [3.8, 4) is 16.9 Å². The van der Waals surface area contributed by atoms with Crippen LogP contribution < -0.4 is 15.4 Å². The molecule has 2 amide bonds. The Labute approximate surface area is 321 Å². The first-order valence-corrected chi connectivity index (χ1v) is 19.0. The number of carbonyl (C=O) groups excluding carboxylic acids is 2. The first-order valence-electron chi connectivity index (χ1n) is 18.0. The van der Waals surface area contributed by atoms with Crippen LogP contribution in [0.25, 0.3) is 11.1 Å². The van der Waals surface area contributed by atoms with E-state index in [1.807, 2.05) is 115 Å². The molecule has 0 radical (unpaired) electrons. The van der Waals surface area contributed by atoms with Crippen molar-refractivity contribution in [3.05, 3.63) is 155 Å². The molecule has 0 aromatic heterocycles. The standard InChI is InChI=1S/C44H46N2O7S/c1-29-39(28-54-40-18-8-7-17-38(40)50-2)52-43(53-41(29)33-21-19-31(27-47)20-22-33)36-16-10-15-35(25-36)34-14-9-13-32(23-34)26-45-44(49)46-37(42(48)51-3)24-30-11-5-4-6-12-30/h4-23,25,29,37,39,41,43,47H,24,26-28H2,1-3H3,(H2,45,46,49). The lowest BCUT2D eigenvalue weighted by molar-refractivity contribution is -0.268. The summed E-state index contributed by atoms with van der Waals surface area (Å²) in [5.74, 6) is 1.05. The molecular formula is C44H46N2O7S. The second-order valence-electron chi connectivity index (χ2n) is 13.2. The van der Waals surface area contributed by atoms with E-state index in [0.29, 0.717) is 12.2 Å². The fourth-order valence-corrected chi connectivity index (χ4v) is 7.72. The van der Waals surface area contributed by atoms with E-state index in [-0.39, 0.29) is 31.3 Å². The molecule has 1 saturated heterocycles. The van der Waals surface area contributed by atoms with Gasteiger partial charge in [0.05, 0.1) is 33.0 Å². The molecule has 9 nitrogen and oxygen atoms in total. The SMILES string of the molecule is COC(=O)C(Cc1ccccc1)NC(=O)NCc1cccc(-c2cccc(C3OC(CSc4ccccc4OC)C(C)C(c4ccc(CO)cc4)O3)c2)c1. The van der Waals surface area contributed by atoms with E-state index in [1.54, 1.807) is 18.9 Å². The predicted molar refractivity (Wildman–Crippen MR) is 210 cm³/mol. The van der Waals surface area contributed by atoms with Crippen molar-refractivity contribution in [2.45, 2.75) is 55.9 Å². The van der Waals surface area contributed by atoms with Gasteiger partial charge in [-0.1, -0.05) is 110 Å². The van der Waals surface area contributed by atoms with Gasteiger partial charge < -0.3 is 34.7 Å². The lowest BCUT2D eigenvalue weighted by atomic mass is 9.91. The molecular weight excluding hydrogens is 701 g/mol. The summed E-state index contributed by atoms with van der Waals surface area (Å²) in [4.78, 5) is 26.4. The van der Waals surface area contributed by atoms with Crippen molar-refractivity contribution in [1.29, 1.82) is 0 Å². The number of carbonyl (C=O) groups is 2. The minimum absolute atomic E-state index is 0.0207. The summed E-state index contributed by atoms with van der Waals surface area (Å²) >= 11 is 1.70. The summed E-state index contributed by atoms with van der Waals surface area (Å²) in [6.07, 6.45) is -0.690. The summed E-state index contributed by atoms with van der Waals surface area (Å²) in [5.41, 5.74) is 6.51. The molecule has 280 valence electrons. The Hall–Kier alpha value is -5.13. The average Bonchev–Trinajstić information content (AvgIpc) is 3.22. The van der Waals surface area contributed by atoms with Crippen molar-refractivity contribution in [2.75, 3.05) is 20.0 Å². The van der Waals surface area contributed by atoms with Gasteiger partial charge in [-0.3, -0.25) is 0 Å². The Morgan fingerprint density at radius 1 is 0.778 bits per heavy atom. The van der Waals surface area contributed by atoms with Crippen LogP contribution in [0.1, 0.15) is 47.1 Å². The van der Waals surface area contributed by atoms with Crippen LogP contribution in [0.5, 0.6) is 5.75 Å². The summed E-state index contributed by atoms with van der Waals surface area (Å²) in [6.45, 7) is 2.39. The summed E-state index contributed by atoms with van der Waals surface area (Å²) in [5, 5.41) is 15.3. The third-order valence-electron chi connectivity index (χ3n) is 9.54. The van der Waals surface area contributed by atoms with Gasteiger partial charge in [-0.25, -0.2) is 9.59 Å². The average molecular weight is 747 g/mol. The molecule has 5 aromatic rings. The van der Waals surface area contributed by atoms with Crippen molar-refractivity contribution in [2.24, 2.45) is 5.92 Å². The monoisotopic (exact) mass is 746 g/mol. The second kappa shape index (κ2) is 18.8. The van der Waals surface area contributed by atoms with Crippen LogP contribution in [0.4, 0.5) is 4.79 Å². The highest BCUT2D eigenvalue weighted by molar-refractivity contribution is 7.99. The van der Waals surface area contributed by atoms with E-state index in [9.17, 15) is 14.7 Å². The van der Waals surface area contributed by atoms with E-state index < -0.39 is 24.3 Å². The van der Waals surface area contributed by atoms with Gasteiger partial charge in [-0.05, 0) is 57.6 Å². The molecule has 0 bridgehead atoms. The Kier molecular flexibility index (Phi) is 13.4. The highest BCUT2D eigenvalue weighted by Gasteiger charge is 2.38. The molecule has 1 fully saturated rings. The first-order chi connectivity index (χ1) is 26.3. The lowest BCUT2D eigenvalue weighted by Gasteiger charge is -2.41. The maximum atomic E-state index is 12.9. The molecule has 3 N–H and O–H groups in total. The molecule has 0 aliphatic carbocycles. The zero-order chi connectivity index (χ0) is 37.9. The third-order valence-corrected chi connectivity index (χ3v) is 10.7. The number of aliphatic hydroxyl groups excluding tert-OH is 1. The molecule has 10 heteroatoms. The molecule has 1 aliphatic heterocycles. The molecule has 5 atom stereocenters. The van der Waals surface area contributed by atoms with Gasteiger partial charge in [-0.2, -0.15) is 0 Å². The van der Waals surface area contributed by atoms with Gasteiger partial charge >= 0.3 is 12.0 Å². The fourth-order valence-electron chi connectivity index (χ4n) is 6.52. The number of amides is 2. The van der Waals surface area contributed by atoms with Gasteiger partial charge in [0.25, 0.3) is 0 Å². The number of rotatable bonds is 14. The zero-order valence-corrected chi connectivity index (χ0v) is 31.5. The van der Waals surface area contributed by atoms with Crippen molar-refractivity contribution in [3.63, 3.8) is 0 Å². The number of para-hydroxylation sites is 1. The normalized spacial score (nSPS) is 18.7. The number of ether oxygens (including phenoxy) is 4. The number of methoxy groups -OCH3 is 2. The predicted octanol–water partition coefficient (Wildman–Crippen LogP) is 8.02. The van der Waals surface area contributed by atoms with E-state index in [4.69, 9.17) is 18.9 Å². The quantitative estimate of drug-likeness (QED) is 0.0774. The number of thioether (sulfide) groups is 1. The fraction of sp³-hybridized carbons (Fsp3) is 0.273. The van der Waals surface area contributed by atoms with E-state index >= 15 is 0 Å². The minimum Gasteiger partial charge on any atom is -0.496 e. The maximum Gasteiger partial charge on any atom is 0.328 e. The number of benzene rings is 5. The highest BCUT2D eigenvalue weighted by Crippen LogP contribution is 2.44. The summed E-state index contributed by atoms with van der Waals surface area (Å²) in [7, 11) is 2.99. The molecule has 1 heterocycles. The molecule has 54 heavy (non-hydrogen) atoms. The molecule has 0 spiro atoms. The highest BCUT2D eigenvalue weighted by atomic mass is 32.2. The van der Waals surface area contributed by atoms with Gasteiger partial charge in [0.15, 0.2) is 6.29 Å². The Morgan fingerprint density at radius 3 is 2.22 bits per heavy atom. The third kappa shape index (κ3) is 9.89. The number of urea groups is 1. The van der Waals surface area contributed by atoms with Gasteiger partial charge in [0.1, 0.15) is 11.8 Å². The summed E-state index contributed by atoms with van der Waals surface area (Å²) in [6, 6.07) is 40.2. The summed E-state index contributed by atoms with van der Waals surface area (Å²) < 4.78 is 24.0. The zero-order valence-electron chi connectivity index (χ0n) is 30.6. The van der Waals surface area contributed by atoms with Crippen LogP contribution in [0, 0.1) is 5.92 Å². The molecule has 6 rings (SSSR count). The number of nitrogens with one attached hydrogen (secondary N) is 2. The van der Waals surface area contributed by atoms with Gasteiger partial charge in [-0.15, -0.1) is 11.8 Å². The van der Waals surface area contributed by atoms with Gasteiger partial charge in [0.2, 0.25) is 0 Å². The second-order valence-corrected chi connectivity index (χ2v) is 14.3. The number of hydrogen-bond donors (Lipinski definition) is 3. The van der Waals surface area contributed by atoms with Crippen LogP contribution in [0.2, 0.25) is 0 Å². The number of hydrogen-bond acceptors (Lipinski definition) is 8. The lowest BCUT2D eigenvalue weighted by Crippen LogP contribution is -2.47. The van der Waals surface area contributed by atoms with Crippen molar-refractivity contribution >= 4 is 23.8 Å². The smallest absolute Gasteiger partial charge is 0.328 e. The van der Waals surface area contributed by atoms with Crippen LogP contribution in [0.3, 0.4) is 0 Å². The van der Waals surface area contributed by atoms with E-state index in [1.165, 1.54) is 7.11 Å². The topological polar surface area (TPSA) is 115 Å². The van der Waals surface area contributed by atoms with Crippen LogP contribution in [-0.2, 0) is 38.6 Å². The van der Waals surface area contributed by atoms with Crippen LogP contribution >= 0.6 is 11.8 Å². The Morgan fingerprint density at radius 2 is 1.48 bits per heavy atom. The number of aliphatic hydroxyl groups is 1. The van der Waals surface area contributed by atoms with E-state index in [0.717, 1.165) is 49.6 Å². The van der Waals surface area contributed by atoms with Crippen molar-refractivity contribution in [1.82, 2.24) is 10.6 Å². The Bertz CT molecular complexity index is 1990. The number of esters is 1. The van der Waals surface area contributed by atoms with E-state index in [2.05, 4.69) is 29.7 Å². The van der Waals surface area contributed by atoms with Crippen molar-refractivity contribution < 1.29 is 33.6 Å². The van der Waals surface area contributed by atoms with Crippen LogP contribution in [-0.4, -0.2) is 49.2 Å². The first kappa shape index (κ1) is 38.6. The molecule has 5 unspecified atom stereocenters. The van der Waals surface area contributed by atoms with Gasteiger partial charge in [0, 0.05) is 35.1 Å². The minimum atomic E-state index is -0.822. The maximum absolute atomic E-state index is 12.9.